The number of aliphatic imine (C=N–C) groups is 1. The van der Waals surface area contributed by atoms with E-state index in [0.717, 1.165) is 11.4 Å². The first-order chi connectivity index (χ1) is 3.39. The Morgan fingerprint density at radius 2 is 2.71 bits per heavy atom. The van der Waals surface area contributed by atoms with Crippen molar-refractivity contribution in [1.29, 1.82) is 0 Å². The van der Waals surface area contributed by atoms with Gasteiger partial charge >= 0.3 is 0 Å². The van der Waals surface area contributed by atoms with Gasteiger partial charge in [-0.1, -0.05) is 0 Å². The zero-order valence-electron chi connectivity index (χ0n) is 4.22. The van der Waals surface area contributed by atoms with Crippen molar-refractivity contribution in [2.24, 2.45) is 4.99 Å². The topological polar surface area (TPSA) is 12.4 Å². The van der Waals surface area contributed by atoms with Crippen LogP contribution in [0.25, 0.3) is 0 Å². The molecule has 0 atom stereocenters. The van der Waals surface area contributed by atoms with Crippen LogP contribution in [0, 0.1) is 0 Å². The average Bonchev–Trinajstić information content (AvgIpc) is 1.69. The molecule has 0 bridgehead atoms. The molecule has 0 aromatic heterocycles. The zero-order chi connectivity index (χ0) is 5.11. The molecule has 0 unspecified atom stereocenters. The molecular formula is C5H7NS. The Morgan fingerprint density at radius 3 is 3.00 bits per heavy atom. The highest BCUT2D eigenvalue weighted by atomic mass is 32.2. The Kier molecular flexibility index (Phi) is 1.52. The van der Waals surface area contributed by atoms with Crippen LogP contribution in [0.1, 0.15) is 6.92 Å². The predicted molar refractivity (Wildman–Crippen MR) is 34.7 cm³/mol. The first-order valence-corrected chi connectivity index (χ1v) is 3.25. The Morgan fingerprint density at radius 1 is 1.86 bits per heavy atom. The van der Waals surface area contributed by atoms with E-state index in [-0.39, 0.29) is 0 Å². The zero-order valence-corrected chi connectivity index (χ0v) is 5.03. The molecule has 0 aromatic carbocycles. The lowest BCUT2D eigenvalue weighted by Gasteiger charge is -1.96. The summed E-state index contributed by atoms with van der Waals surface area (Å²) in [5.74, 6) is 1.04. The molecule has 1 rings (SSSR count). The van der Waals surface area contributed by atoms with Crippen molar-refractivity contribution >= 4 is 18.0 Å². The van der Waals surface area contributed by atoms with Crippen molar-refractivity contribution < 1.29 is 0 Å². The lowest BCUT2D eigenvalue weighted by atomic mass is 10.6. The average molecular weight is 113 g/mol. The maximum absolute atomic E-state index is 4.05. The van der Waals surface area contributed by atoms with E-state index >= 15 is 0 Å². The number of allylic oxidation sites excluding steroid dienone is 1. The fourth-order valence-electron chi connectivity index (χ4n) is 0.423. The van der Waals surface area contributed by atoms with E-state index in [2.05, 4.69) is 10.4 Å². The van der Waals surface area contributed by atoms with Crippen LogP contribution in [-0.2, 0) is 0 Å². The second kappa shape index (κ2) is 2.17. The van der Waals surface area contributed by atoms with Crippen molar-refractivity contribution in [3.8, 4) is 0 Å². The summed E-state index contributed by atoms with van der Waals surface area (Å²) in [6, 6.07) is 0. The molecule has 1 heterocycles. The van der Waals surface area contributed by atoms with Crippen molar-refractivity contribution in [3.63, 3.8) is 0 Å². The van der Waals surface area contributed by atoms with Gasteiger partial charge in [0.15, 0.2) is 0 Å². The van der Waals surface area contributed by atoms with E-state index in [0.29, 0.717) is 0 Å². The molecular weight excluding hydrogens is 106 g/mol. The van der Waals surface area contributed by atoms with Crippen LogP contribution in [0.2, 0.25) is 0 Å². The van der Waals surface area contributed by atoms with Crippen molar-refractivity contribution in [3.05, 3.63) is 11.1 Å². The van der Waals surface area contributed by atoms with Gasteiger partial charge in [0.1, 0.15) is 0 Å². The molecule has 0 aromatic rings. The number of nitrogens with zero attached hydrogens (tertiary/aromatic N) is 1. The SMILES string of the molecule is CC1=CSCC=N1. The van der Waals surface area contributed by atoms with Crippen LogP contribution in [-0.4, -0.2) is 12.0 Å². The highest BCUT2D eigenvalue weighted by molar-refractivity contribution is 8.02. The van der Waals surface area contributed by atoms with Gasteiger partial charge in [-0.3, -0.25) is 4.99 Å². The normalized spacial score (nSPS) is 19.3. The molecule has 0 aliphatic carbocycles. The summed E-state index contributed by atoms with van der Waals surface area (Å²) in [5, 5.41) is 2.07. The summed E-state index contributed by atoms with van der Waals surface area (Å²) in [5.41, 5.74) is 1.12. The molecule has 7 heavy (non-hydrogen) atoms. The van der Waals surface area contributed by atoms with Crippen molar-refractivity contribution in [2.75, 3.05) is 5.75 Å². The summed E-state index contributed by atoms with van der Waals surface area (Å²) in [6.45, 7) is 2.00. The van der Waals surface area contributed by atoms with Crippen LogP contribution in [0.15, 0.2) is 16.1 Å². The summed E-state index contributed by atoms with van der Waals surface area (Å²) < 4.78 is 0. The number of hydrogen-bond acceptors (Lipinski definition) is 2. The first kappa shape index (κ1) is 4.91. The Hall–Kier alpha value is -0.240. The van der Waals surface area contributed by atoms with Crippen LogP contribution in [0.4, 0.5) is 0 Å². The molecule has 0 radical (unpaired) electrons. The largest absolute Gasteiger partial charge is 0.265 e. The minimum Gasteiger partial charge on any atom is -0.265 e. The smallest absolute Gasteiger partial charge is 0.0432 e. The Labute approximate surface area is 47.5 Å². The van der Waals surface area contributed by atoms with Gasteiger partial charge < -0.3 is 0 Å². The lowest BCUT2D eigenvalue weighted by molar-refractivity contribution is 1.32. The summed E-state index contributed by atoms with van der Waals surface area (Å²) in [7, 11) is 0. The molecule has 2 heteroatoms. The molecule has 0 fully saturated rings. The fraction of sp³-hybridized carbons (Fsp3) is 0.400. The molecule has 38 valence electrons. The maximum Gasteiger partial charge on any atom is 0.0432 e. The highest BCUT2D eigenvalue weighted by Crippen LogP contribution is 2.10. The molecule has 0 saturated carbocycles. The molecule has 1 aliphatic heterocycles. The van der Waals surface area contributed by atoms with Gasteiger partial charge in [0.25, 0.3) is 0 Å². The van der Waals surface area contributed by atoms with Crippen LogP contribution in [0.3, 0.4) is 0 Å². The fourth-order valence-corrected chi connectivity index (χ4v) is 0.982. The van der Waals surface area contributed by atoms with Crippen LogP contribution < -0.4 is 0 Å². The third-order valence-electron chi connectivity index (χ3n) is 0.720. The van der Waals surface area contributed by atoms with Gasteiger partial charge in [-0.2, -0.15) is 0 Å². The lowest BCUT2D eigenvalue weighted by Crippen LogP contribution is -1.83. The highest BCUT2D eigenvalue weighted by Gasteiger charge is 1.87. The van der Waals surface area contributed by atoms with Gasteiger partial charge in [0, 0.05) is 17.7 Å². The van der Waals surface area contributed by atoms with E-state index in [1.54, 1.807) is 11.8 Å². The van der Waals surface area contributed by atoms with Crippen LogP contribution in [0.5, 0.6) is 0 Å². The minimum absolute atomic E-state index is 1.04. The molecule has 0 spiro atoms. The van der Waals surface area contributed by atoms with Gasteiger partial charge in [-0.25, -0.2) is 0 Å². The molecule has 0 N–H and O–H groups in total. The van der Waals surface area contributed by atoms with Crippen LogP contribution >= 0.6 is 11.8 Å². The second-order valence-corrected chi connectivity index (χ2v) is 2.31. The summed E-state index contributed by atoms with van der Waals surface area (Å²) >= 11 is 1.79. The molecule has 1 aliphatic rings. The second-order valence-electron chi connectivity index (χ2n) is 1.40. The van der Waals surface area contributed by atoms with Gasteiger partial charge in [0.05, 0.1) is 0 Å². The number of rotatable bonds is 0. The first-order valence-electron chi connectivity index (χ1n) is 2.20. The number of thioether (sulfide) groups is 1. The van der Waals surface area contributed by atoms with E-state index in [1.165, 1.54) is 0 Å². The van der Waals surface area contributed by atoms with Gasteiger partial charge in [-0.05, 0) is 12.3 Å². The number of hydrogen-bond donors (Lipinski definition) is 0. The summed E-state index contributed by atoms with van der Waals surface area (Å²) in [4.78, 5) is 4.05. The third-order valence-corrected chi connectivity index (χ3v) is 1.57. The van der Waals surface area contributed by atoms with Crippen molar-refractivity contribution in [1.82, 2.24) is 0 Å². The van der Waals surface area contributed by atoms with Gasteiger partial charge in [-0.15, -0.1) is 11.8 Å². The van der Waals surface area contributed by atoms with E-state index < -0.39 is 0 Å². The standard InChI is InChI=1S/C5H7NS/c1-5-4-7-3-2-6-5/h2,4H,3H2,1H3. The summed E-state index contributed by atoms with van der Waals surface area (Å²) in [6.07, 6.45) is 1.93. The predicted octanol–water partition coefficient (Wildman–Crippen LogP) is 1.67. The van der Waals surface area contributed by atoms with E-state index in [1.807, 2.05) is 13.1 Å². The third kappa shape index (κ3) is 1.35. The molecule has 0 amide bonds. The molecule has 0 saturated heterocycles. The Balaban J connectivity index is 2.58. The van der Waals surface area contributed by atoms with E-state index in [4.69, 9.17) is 0 Å². The minimum atomic E-state index is 1.04. The molecule has 1 nitrogen and oxygen atoms in total. The maximum atomic E-state index is 4.05. The Bertz CT molecular complexity index is 115. The van der Waals surface area contributed by atoms with Gasteiger partial charge in [0.2, 0.25) is 0 Å². The van der Waals surface area contributed by atoms with E-state index in [9.17, 15) is 0 Å². The quantitative estimate of drug-likeness (QED) is 0.465. The van der Waals surface area contributed by atoms with Crippen molar-refractivity contribution in [2.45, 2.75) is 6.92 Å². The monoisotopic (exact) mass is 113 g/mol.